The third-order valence-electron chi connectivity index (χ3n) is 11.5. The zero-order chi connectivity index (χ0) is 69.1. The SMILES string of the molecule is C/C=C/OOOOOCCOP(=O)([O-])OCC(COP(=O)([O-])OC1CCC(OP(=O)([O-])OC(COP(=O)([O-])OC2CCC(OP(=O)([O-])OC(COP(=O)([O-])OC3CCC(OP(=O)([O-])OCC(CO)NC)CC3)NC)CC2)NC)CC1)NC.C=C.C=C.C=C.C=C. The normalized spacial score (nSPS) is 25.5. The van der Waals surface area contributed by atoms with Gasteiger partial charge in [-0.25, -0.2) is 4.89 Å². The molecule has 11 unspecified atom stereocenters. The van der Waals surface area contributed by atoms with E-state index in [-0.39, 0.29) is 90.3 Å². The van der Waals surface area contributed by atoms with Gasteiger partial charge in [0.2, 0.25) is 0 Å². The van der Waals surface area contributed by atoms with Crippen LogP contribution in [-0.2, 0) is 120 Å². The topological polar surface area (TPSA) is 525 Å². The van der Waals surface area contributed by atoms with E-state index in [9.17, 15) is 71.3 Å². The van der Waals surface area contributed by atoms with E-state index in [1.54, 1.807) is 6.92 Å². The molecule has 0 radical (unpaired) electrons. The van der Waals surface area contributed by atoms with Crippen molar-refractivity contribution in [1.29, 1.82) is 0 Å². The molecule has 534 valence electrons. The van der Waals surface area contributed by atoms with Gasteiger partial charge in [0.05, 0.1) is 95.0 Å². The monoisotopic (exact) mass is 1450 g/mol. The number of phosphoric acid groups is 7. The molecule has 90 heavy (non-hydrogen) atoms. The van der Waals surface area contributed by atoms with Gasteiger partial charge in [0, 0.05) is 10.1 Å². The van der Waals surface area contributed by atoms with Gasteiger partial charge in [-0.2, -0.15) is 0 Å². The van der Waals surface area contributed by atoms with Crippen molar-refractivity contribution in [3.63, 3.8) is 0 Å². The van der Waals surface area contributed by atoms with Gasteiger partial charge in [-0.15, -0.1) is 52.6 Å². The molecule has 3 aliphatic rings. The van der Waals surface area contributed by atoms with Crippen molar-refractivity contribution < 1.29 is 160 Å². The second kappa shape index (κ2) is 49.4. The summed E-state index contributed by atoms with van der Waals surface area (Å²) in [7, 11) is -29.9. The summed E-state index contributed by atoms with van der Waals surface area (Å²) in [6.45, 7) is 20.8. The summed E-state index contributed by atoms with van der Waals surface area (Å²) in [5.41, 5.74) is 0. The van der Waals surface area contributed by atoms with E-state index in [4.69, 9.17) is 58.8 Å². The van der Waals surface area contributed by atoms with Crippen molar-refractivity contribution >= 4 is 54.8 Å². The third kappa shape index (κ3) is 43.9. The molecule has 11 atom stereocenters. The molecule has 0 spiro atoms. The van der Waals surface area contributed by atoms with Gasteiger partial charge in [-0.3, -0.25) is 51.6 Å². The number of aliphatic hydroxyl groups is 1. The van der Waals surface area contributed by atoms with E-state index >= 15 is 0 Å². The Labute approximate surface area is 525 Å². The maximum absolute atomic E-state index is 12.8. The minimum Gasteiger partial charge on any atom is -0.756 e. The van der Waals surface area contributed by atoms with Crippen molar-refractivity contribution in [2.45, 2.75) is 145 Å². The Morgan fingerprint density at radius 2 is 0.689 bits per heavy atom. The molecule has 3 rings (SSSR count). The molecular formula is C45H88N4O34P7-7. The van der Waals surface area contributed by atoms with Crippen LogP contribution >= 0.6 is 54.8 Å². The predicted molar refractivity (Wildman–Crippen MR) is 304 cm³/mol. The fourth-order valence-corrected chi connectivity index (χ4v) is 14.2. The molecular weight excluding hydrogens is 1360 g/mol. The number of aliphatic hydroxyl groups excluding tert-OH is 1. The summed E-state index contributed by atoms with van der Waals surface area (Å²) >= 11 is 0. The van der Waals surface area contributed by atoms with E-state index in [0.717, 1.165) is 6.26 Å². The van der Waals surface area contributed by atoms with E-state index in [1.807, 2.05) is 0 Å². The van der Waals surface area contributed by atoms with Crippen LogP contribution in [0.1, 0.15) is 84.0 Å². The van der Waals surface area contributed by atoms with Crippen LogP contribution in [0, 0.1) is 0 Å². The summed E-state index contributed by atoms with van der Waals surface area (Å²) in [5, 5.41) is 31.3. The van der Waals surface area contributed by atoms with Crippen LogP contribution in [0.2, 0.25) is 0 Å². The lowest BCUT2D eigenvalue weighted by atomic mass is 9.95. The summed E-state index contributed by atoms with van der Waals surface area (Å²) in [6, 6.07) is -1.65. The van der Waals surface area contributed by atoms with Crippen LogP contribution in [-0.4, -0.2) is 147 Å². The summed E-state index contributed by atoms with van der Waals surface area (Å²) in [4.78, 5) is 96.5. The molecule has 0 aromatic rings. The predicted octanol–water partition coefficient (Wildman–Crippen LogP) is 2.18. The van der Waals surface area contributed by atoms with Gasteiger partial charge in [0.1, 0.15) is 25.3 Å². The van der Waals surface area contributed by atoms with Gasteiger partial charge in [0.25, 0.3) is 54.8 Å². The first-order valence-electron chi connectivity index (χ1n) is 27.2. The van der Waals surface area contributed by atoms with E-state index in [1.165, 1.54) is 34.3 Å². The Kier molecular flexibility index (Phi) is 50.0. The summed E-state index contributed by atoms with van der Waals surface area (Å²) < 4.78 is 157. The van der Waals surface area contributed by atoms with Crippen LogP contribution in [0.25, 0.3) is 0 Å². The first-order valence-corrected chi connectivity index (χ1v) is 37.4. The molecule has 0 amide bonds. The molecule has 3 saturated carbocycles. The Balaban J connectivity index is 0. The van der Waals surface area contributed by atoms with Gasteiger partial charge in [0.15, 0.2) is 0 Å². The van der Waals surface area contributed by atoms with Gasteiger partial charge < -0.3 is 109 Å². The third-order valence-corrected chi connectivity index (χ3v) is 18.7. The van der Waals surface area contributed by atoms with Gasteiger partial charge >= 0.3 is 0 Å². The zero-order valence-corrected chi connectivity index (χ0v) is 57.0. The van der Waals surface area contributed by atoms with E-state index < -0.39 is 156 Å². The van der Waals surface area contributed by atoms with Crippen molar-refractivity contribution in [1.82, 2.24) is 21.3 Å². The molecule has 0 bridgehead atoms. The first kappa shape index (κ1) is 91.0. The van der Waals surface area contributed by atoms with Crippen molar-refractivity contribution in [3.8, 4) is 0 Å². The fraction of sp³-hybridized carbons (Fsp3) is 0.778. The standard InChI is InChI=1S/C37H79N4O34P7.4C2H4/c1-6-19-57-73-75-74-58-20-21-59-76(43,44)60-24-29(39-3)25-62-78(47,48)66-31-11-15-34(16-12-31)69-81(53,54)71-37(41-5)27-64-80(51,52)68-33-13-17-35(18-14-33)70-82(55,56)72-36(40-4)26-63-79(49,50)67-32-9-7-30(8-10-32)65-77(45,46)61-23-28(22-42)38-2;4*1-2/h6,19,28-42H,7-18,20-27H2,1-5H3,(H,43,44)(H,45,46)(H,47,48)(H,49,50)(H,51,52)(H,53,54)(H,55,56);4*1-2H2/p-7/b19-6+;;;;. The summed E-state index contributed by atoms with van der Waals surface area (Å²) in [6.07, 6.45) is -6.47. The molecule has 0 aromatic heterocycles. The minimum atomic E-state index is -5.18. The Morgan fingerprint density at radius 3 is 0.978 bits per heavy atom. The molecule has 45 heteroatoms. The number of nitrogens with one attached hydrogen (secondary N) is 4. The fourth-order valence-electron chi connectivity index (χ4n) is 7.32. The zero-order valence-electron chi connectivity index (χ0n) is 50.8. The second-order valence-corrected chi connectivity index (χ2v) is 27.3. The quantitative estimate of drug-likeness (QED) is 0.0111. The maximum Gasteiger partial charge on any atom is 0.269 e. The molecule has 5 N–H and O–H groups in total. The largest absolute Gasteiger partial charge is 0.756 e. The van der Waals surface area contributed by atoms with Crippen LogP contribution in [0.4, 0.5) is 0 Å². The maximum atomic E-state index is 12.8. The molecule has 0 saturated heterocycles. The number of allylic oxidation sites excluding steroid dienone is 1. The minimum absolute atomic E-state index is 0.0231. The van der Waals surface area contributed by atoms with Crippen LogP contribution in [0.3, 0.4) is 0 Å². The van der Waals surface area contributed by atoms with Crippen LogP contribution < -0.4 is 55.5 Å². The van der Waals surface area contributed by atoms with Crippen molar-refractivity contribution in [3.05, 3.63) is 65.0 Å². The molecule has 3 aliphatic carbocycles. The lowest BCUT2D eigenvalue weighted by molar-refractivity contribution is -0.700. The Bertz CT molecular complexity index is 2260. The van der Waals surface area contributed by atoms with Gasteiger partial charge in [-0.05, 0) is 123 Å². The lowest BCUT2D eigenvalue weighted by Gasteiger charge is -2.37. The number of hydrogen-bond donors (Lipinski definition) is 5. The number of likely N-dealkylation sites (N-methyl/N-ethyl adjacent to an activating group) is 4. The molecule has 3 fully saturated rings. The lowest BCUT2D eigenvalue weighted by Crippen LogP contribution is -2.36. The number of phosphoric ester groups is 7. The average molecular weight is 1450 g/mol. The van der Waals surface area contributed by atoms with Crippen molar-refractivity contribution in [2.24, 2.45) is 0 Å². The van der Waals surface area contributed by atoms with Crippen molar-refractivity contribution in [2.75, 3.05) is 81.0 Å². The Morgan fingerprint density at radius 1 is 0.400 bits per heavy atom. The molecule has 0 aromatic carbocycles. The number of rotatable bonds is 45. The Hall–Kier alpha value is -1.09. The average Bonchev–Trinajstić information content (AvgIpc) is 3.33. The van der Waals surface area contributed by atoms with E-state index in [2.05, 4.69) is 103 Å². The highest BCUT2D eigenvalue weighted by Gasteiger charge is 2.34. The highest BCUT2D eigenvalue weighted by atomic mass is 31.2. The number of hydrogen-bond acceptors (Lipinski definition) is 38. The van der Waals surface area contributed by atoms with E-state index in [0.29, 0.717) is 0 Å². The molecule has 0 heterocycles. The smallest absolute Gasteiger partial charge is 0.269 e. The highest BCUT2D eigenvalue weighted by Crippen LogP contribution is 2.51. The molecule has 0 aliphatic heterocycles. The second-order valence-electron chi connectivity index (χ2n) is 17.8. The van der Waals surface area contributed by atoms with Crippen LogP contribution in [0.15, 0.2) is 65.0 Å². The van der Waals surface area contributed by atoms with Gasteiger partial charge in [-0.1, -0.05) is 0 Å². The molecule has 38 nitrogen and oxygen atoms in total. The highest BCUT2D eigenvalue weighted by molar-refractivity contribution is 7.47. The van der Waals surface area contributed by atoms with Crippen LogP contribution in [0.5, 0.6) is 0 Å². The summed E-state index contributed by atoms with van der Waals surface area (Å²) in [5.74, 6) is 0. The first-order chi connectivity index (χ1) is 42.4.